The topological polar surface area (TPSA) is 144 Å². The first-order valence-corrected chi connectivity index (χ1v) is 9.72. The number of rotatable bonds is 6. The molecule has 8 nitrogen and oxygen atoms in total. The first-order valence-electron chi connectivity index (χ1n) is 8.73. The molecule has 0 radical (unpaired) electrons. The molecular formula is C20H19N7OS. The molecule has 146 valence electrons. The van der Waals surface area contributed by atoms with Crippen molar-refractivity contribution in [1.82, 2.24) is 15.0 Å². The molecule has 3 rings (SSSR count). The van der Waals surface area contributed by atoms with Crippen LogP contribution in [0.15, 0.2) is 47.6 Å². The fourth-order valence-electron chi connectivity index (χ4n) is 2.62. The predicted molar refractivity (Wildman–Crippen MR) is 113 cm³/mol. The van der Waals surface area contributed by atoms with Crippen molar-refractivity contribution in [3.8, 4) is 17.3 Å². The monoisotopic (exact) mass is 405 g/mol. The number of nitrogens with one attached hydrogen (secondary N) is 1. The SMILES string of the molecule is CC(=O)Nc1ccc(-c2nc(SCc3cccc(CN)n3)nc(N)c2C#N)cc1. The summed E-state index contributed by atoms with van der Waals surface area (Å²) in [4.78, 5) is 24.4. The van der Waals surface area contributed by atoms with E-state index in [1.165, 1.54) is 18.7 Å². The van der Waals surface area contributed by atoms with Crippen LogP contribution in [-0.2, 0) is 17.1 Å². The van der Waals surface area contributed by atoms with Gasteiger partial charge in [-0.3, -0.25) is 9.78 Å². The summed E-state index contributed by atoms with van der Waals surface area (Å²) in [5.41, 5.74) is 15.3. The summed E-state index contributed by atoms with van der Waals surface area (Å²) in [5.74, 6) is 0.502. The number of nitrogens with zero attached hydrogens (tertiary/aromatic N) is 4. The zero-order valence-corrected chi connectivity index (χ0v) is 16.5. The molecule has 2 heterocycles. The molecule has 0 aliphatic rings. The van der Waals surface area contributed by atoms with E-state index in [4.69, 9.17) is 11.5 Å². The van der Waals surface area contributed by atoms with Gasteiger partial charge >= 0.3 is 0 Å². The highest BCUT2D eigenvalue weighted by molar-refractivity contribution is 7.98. The second kappa shape index (κ2) is 9.14. The lowest BCUT2D eigenvalue weighted by atomic mass is 10.1. The van der Waals surface area contributed by atoms with Crippen LogP contribution in [0.25, 0.3) is 11.3 Å². The van der Waals surface area contributed by atoms with Crippen molar-refractivity contribution in [3.05, 3.63) is 59.4 Å². The van der Waals surface area contributed by atoms with Gasteiger partial charge in [-0.25, -0.2) is 9.97 Å². The summed E-state index contributed by atoms with van der Waals surface area (Å²) in [5, 5.41) is 12.6. The minimum absolute atomic E-state index is 0.120. The number of hydrogen-bond donors (Lipinski definition) is 3. The van der Waals surface area contributed by atoms with Crippen LogP contribution in [0.3, 0.4) is 0 Å². The van der Waals surface area contributed by atoms with E-state index in [1.807, 2.05) is 18.2 Å². The molecule has 1 aromatic carbocycles. The maximum atomic E-state index is 11.2. The largest absolute Gasteiger partial charge is 0.382 e. The van der Waals surface area contributed by atoms with Crippen LogP contribution in [0.5, 0.6) is 0 Å². The van der Waals surface area contributed by atoms with Crippen LogP contribution in [0.1, 0.15) is 23.9 Å². The minimum Gasteiger partial charge on any atom is -0.382 e. The Hall–Kier alpha value is -3.48. The summed E-state index contributed by atoms with van der Waals surface area (Å²) in [6, 6.07) is 14.8. The van der Waals surface area contributed by atoms with E-state index in [2.05, 4.69) is 26.3 Å². The fraction of sp³-hybridized carbons (Fsp3) is 0.150. The fourth-order valence-corrected chi connectivity index (χ4v) is 3.37. The van der Waals surface area contributed by atoms with Crippen molar-refractivity contribution in [2.75, 3.05) is 11.1 Å². The molecule has 5 N–H and O–H groups in total. The third-order valence-corrected chi connectivity index (χ3v) is 4.81. The molecule has 0 unspecified atom stereocenters. The molecule has 0 aliphatic carbocycles. The van der Waals surface area contributed by atoms with Gasteiger partial charge in [0.2, 0.25) is 5.91 Å². The van der Waals surface area contributed by atoms with Gasteiger partial charge < -0.3 is 16.8 Å². The number of aromatic nitrogens is 3. The number of anilines is 2. The number of carbonyl (C=O) groups excluding carboxylic acids is 1. The molecule has 0 atom stereocenters. The van der Waals surface area contributed by atoms with E-state index in [0.717, 1.165) is 11.4 Å². The number of nitrogen functional groups attached to an aromatic ring is 1. The van der Waals surface area contributed by atoms with Crippen molar-refractivity contribution >= 4 is 29.2 Å². The van der Waals surface area contributed by atoms with Gasteiger partial charge in [0, 0.05) is 30.5 Å². The summed E-state index contributed by atoms with van der Waals surface area (Å²) in [6.07, 6.45) is 0. The average molecular weight is 405 g/mol. The van der Waals surface area contributed by atoms with Gasteiger partial charge in [0.15, 0.2) is 5.16 Å². The van der Waals surface area contributed by atoms with E-state index in [0.29, 0.717) is 34.4 Å². The average Bonchev–Trinajstić information content (AvgIpc) is 2.72. The van der Waals surface area contributed by atoms with Crippen LogP contribution in [-0.4, -0.2) is 20.9 Å². The van der Waals surface area contributed by atoms with Crippen LogP contribution in [0.2, 0.25) is 0 Å². The first-order chi connectivity index (χ1) is 14.0. The lowest BCUT2D eigenvalue weighted by Crippen LogP contribution is -2.06. The van der Waals surface area contributed by atoms with Gasteiger partial charge in [-0.1, -0.05) is 30.0 Å². The van der Waals surface area contributed by atoms with Gasteiger partial charge in [-0.05, 0) is 24.3 Å². The Morgan fingerprint density at radius 1 is 1.14 bits per heavy atom. The highest BCUT2D eigenvalue weighted by Gasteiger charge is 2.15. The van der Waals surface area contributed by atoms with Crippen LogP contribution < -0.4 is 16.8 Å². The molecule has 0 bridgehead atoms. The highest BCUT2D eigenvalue weighted by Crippen LogP contribution is 2.29. The van der Waals surface area contributed by atoms with E-state index in [-0.39, 0.29) is 17.3 Å². The molecular weight excluding hydrogens is 386 g/mol. The summed E-state index contributed by atoms with van der Waals surface area (Å²) in [7, 11) is 0. The van der Waals surface area contributed by atoms with E-state index >= 15 is 0 Å². The van der Waals surface area contributed by atoms with Crippen molar-refractivity contribution in [2.24, 2.45) is 5.73 Å². The van der Waals surface area contributed by atoms with Crippen molar-refractivity contribution < 1.29 is 4.79 Å². The number of benzene rings is 1. The van der Waals surface area contributed by atoms with Crippen molar-refractivity contribution in [1.29, 1.82) is 5.26 Å². The number of nitrogens with two attached hydrogens (primary N) is 2. The van der Waals surface area contributed by atoms with Crippen LogP contribution in [0.4, 0.5) is 11.5 Å². The number of pyridine rings is 1. The number of carbonyl (C=O) groups is 1. The lowest BCUT2D eigenvalue weighted by Gasteiger charge is -2.10. The molecule has 2 aromatic heterocycles. The number of nitriles is 1. The molecule has 0 fully saturated rings. The van der Waals surface area contributed by atoms with E-state index in [9.17, 15) is 10.1 Å². The van der Waals surface area contributed by atoms with Crippen LogP contribution >= 0.6 is 11.8 Å². The Kier molecular flexibility index (Phi) is 6.39. The second-order valence-electron chi connectivity index (χ2n) is 6.10. The zero-order chi connectivity index (χ0) is 20.8. The smallest absolute Gasteiger partial charge is 0.221 e. The lowest BCUT2D eigenvalue weighted by molar-refractivity contribution is -0.114. The van der Waals surface area contributed by atoms with Gasteiger partial charge in [0.05, 0.1) is 17.1 Å². The Balaban J connectivity index is 1.88. The van der Waals surface area contributed by atoms with Crippen molar-refractivity contribution in [3.63, 3.8) is 0 Å². The van der Waals surface area contributed by atoms with Gasteiger partial charge in [-0.2, -0.15) is 5.26 Å². The summed E-state index contributed by atoms with van der Waals surface area (Å²) in [6.45, 7) is 1.81. The normalized spacial score (nSPS) is 10.4. The molecule has 0 aliphatic heterocycles. The molecule has 0 spiro atoms. The van der Waals surface area contributed by atoms with Crippen molar-refractivity contribution in [2.45, 2.75) is 24.4 Å². The molecule has 9 heteroatoms. The zero-order valence-electron chi connectivity index (χ0n) is 15.7. The minimum atomic E-state index is -0.159. The third kappa shape index (κ3) is 5.07. The van der Waals surface area contributed by atoms with Gasteiger partial charge in [-0.15, -0.1) is 0 Å². The number of thioether (sulfide) groups is 1. The maximum absolute atomic E-state index is 11.2. The summed E-state index contributed by atoms with van der Waals surface area (Å²) >= 11 is 1.37. The summed E-state index contributed by atoms with van der Waals surface area (Å²) < 4.78 is 0. The maximum Gasteiger partial charge on any atom is 0.221 e. The molecule has 3 aromatic rings. The van der Waals surface area contributed by atoms with Gasteiger partial charge in [0.25, 0.3) is 0 Å². The predicted octanol–water partition coefficient (Wildman–Crippen LogP) is 2.70. The Morgan fingerprint density at radius 2 is 1.86 bits per heavy atom. The Bertz CT molecular complexity index is 1080. The molecule has 0 saturated heterocycles. The molecule has 1 amide bonds. The second-order valence-corrected chi connectivity index (χ2v) is 7.04. The van der Waals surface area contributed by atoms with E-state index < -0.39 is 0 Å². The van der Waals surface area contributed by atoms with Crippen LogP contribution in [0, 0.1) is 11.3 Å². The highest BCUT2D eigenvalue weighted by atomic mass is 32.2. The first kappa shape index (κ1) is 20.3. The quantitative estimate of drug-likeness (QED) is 0.419. The standard InChI is InChI=1S/C20H19N7OS/c1-12(28)24-14-7-5-13(6-8-14)18-17(10-22)19(23)27-20(26-18)29-11-16-4-2-3-15(9-21)25-16/h2-8H,9,11,21H2,1H3,(H,24,28)(H2,23,26,27). The van der Waals surface area contributed by atoms with E-state index in [1.54, 1.807) is 24.3 Å². The molecule has 0 saturated carbocycles. The molecule has 29 heavy (non-hydrogen) atoms. The number of amides is 1. The number of hydrogen-bond acceptors (Lipinski definition) is 8. The Labute approximate surface area is 172 Å². The van der Waals surface area contributed by atoms with Gasteiger partial charge in [0.1, 0.15) is 17.5 Å². The Morgan fingerprint density at radius 3 is 2.52 bits per heavy atom. The third-order valence-electron chi connectivity index (χ3n) is 3.93.